The lowest BCUT2D eigenvalue weighted by Crippen LogP contribution is -2.30. The standard InChI is InChI=1S/C29H31N3OS/c1-22-10-12-23(13-11-22)20-31-14-5-15-32(17-16-31)21-24-6-4-8-26(18-24)30-29(33)28-19-25-7-2-3-9-27(25)34-28/h2-4,6-13,18-19H,5,14-17,20-21H2,1H3,(H,30,33). The van der Waals surface area contributed by atoms with Crippen molar-refractivity contribution in [2.45, 2.75) is 26.4 Å². The predicted octanol–water partition coefficient (Wildman–Crippen LogP) is 6.17. The first-order valence-electron chi connectivity index (χ1n) is 12.0. The third-order valence-corrected chi connectivity index (χ3v) is 7.56. The van der Waals surface area contributed by atoms with Crippen molar-refractivity contribution in [3.05, 3.63) is 100 Å². The maximum absolute atomic E-state index is 12.8. The number of hydrogen-bond donors (Lipinski definition) is 1. The molecule has 1 aliphatic rings. The van der Waals surface area contributed by atoms with E-state index in [0.29, 0.717) is 0 Å². The summed E-state index contributed by atoms with van der Waals surface area (Å²) in [6, 6.07) is 27.3. The van der Waals surface area contributed by atoms with E-state index in [-0.39, 0.29) is 5.91 Å². The molecule has 174 valence electrons. The number of fused-ring (bicyclic) bond motifs is 1. The van der Waals surface area contributed by atoms with Crippen LogP contribution in [0.25, 0.3) is 10.1 Å². The lowest BCUT2D eigenvalue weighted by Gasteiger charge is -2.22. The molecule has 1 fully saturated rings. The third-order valence-electron chi connectivity index (χ3n) is 6.45. The highest BCUT2D eigenvalue weighted by atomic mass is 32.1. The Kier molecular flexibility index (Phi) is 7.05. The Bertz CT molecular complexity index is 1230. The molecule has 0 atom stereocenters. The minimum Gasteiger partial charge on any atom is -0.321 e. The Hall–Kier alpha value is -2.99. The quantitative estimate of drug-likeness (QED) is 0.367. The molecule has 4 nitrogen and oxygen atoms in total. The largest absolute Gasteiger partial charge is 0.321 e. The molecular formula is C29H31N3OS. The van der Waals surface area contributed by atoms with E-state index in [2.05, 4.69) is 64.5 Å². The van der Waals surface area contributed by atoms with Gasteiger partial charge < -0.3 is 5.32 Å². The van der Waals surface area contributed by atoms with Crippen LogP contribution in [0.1, 0.15) is 32.8 Å². The summed E-state index contributed by atoms with van der Waals surface area (Å²) in [5.74, 6) is -0.0418. The summed E-state index contributed by atoms with van der Waals surface area (Å²) >= 11 is 1.54. The first kappa shape index (κ1) is 22.8. The summed E-state index contributed by atoms with van der Waals surface area (Å²) in [6.45, 7) is 8.44. The smallest absolute Gasteiger partial charge is 0.265 e. The molecule has 0 unspecified atom stereocenters. The second-order valence-corrected chi connectivity index (χ2v) is 10.3. The Morgan fingerprint density at radius 1 is 0.824 bits per heavy atom. The Morgan fingerprint density at radius 2 is 1.56 bits per heavy atom. The molecule has 1 aliphatic heterocycles. The summed E-state index contributed by atoms with van der Waals surface area (Å²) in [6.07, 6.45) is 1.17. The summed E-state index contributed by atoms with van der Waals surface area (Å²) in [4.78, 5) is 18.7. The number of thiophene rings is 1. The lowest BCUT2D eigenvalue weighted by molar-refractivity contribution is 0.103. The third kappa shape index (κ3) is 5.73. The highest BCUT2D eigenvalue weighted by molar-refractivity contribution is 7.20. The first-order chi connectivity index (χ1) is 16.6. The van der Waals surface area contributed by atoms with Crippen LogP contribution < -0.4 is 5.32 Å². The molecular weight excluding hydrogens is 438 g/mol. The fourth-order valence-corrected chi connectivity index (χ4v) is 5.54. The molecule has 0 bridgehead atoms. The van der Waals surface area contributed by atoms with Crippen molar-refractivity contribution in [2.75, 3.05) is 31.5 Å². The molecule has 1 amide bonds. The molecule has 0 radical (unpaired) electrons. The SMILES string of the molecule is Cc1ccc(CN2CCCN(Cc3cccc(NC(=O)c4cc5ccccc5s4)c3)CC2)cc1. The molecule has 0 saturated carbocycles. The van der Waals surface area contributed by atoms with Gasteiger partial charge in [-0.3, -0.25) is 14.6 Å². The zero-order chi connectivity index (χ0) is 23.3. The van der Waals surface area contributed by atoms with Gasteiger partial charge in [-0.25, -0.2) is 0 Å². The average Bonchev–Trinajstić information content (AvgIpc) is 3.17. The van der Waals surface area contributed by atoms with Crippen LogP contribution in [-0.4, -0.2) is 41.9 Å². The number of aryl methyl sites for hydroxylation is 1. The van der Waals surface area contributed by atoms with Crippen LogP contribution in [0.15, 0.2) is 78.9 Å². The molecule has 5 heteroatoms. The minimum absolute atomic E-state index is 0.0418. The van der Waals surface area contributed by atoms with Crippen LogP contribution in [-0.2, 0) is 13.1 Å². The van der Waals surface area contributed by atoms with Crippen LogP contribution in [0.4, 0.5) is 5.69 Å². The van der Waals surface area contributed by atoms with Gasteiger partial charge in [0, 0.05) is 36.6 Å². The number of carbonyl (C=O) groups excluding carboxylic acids is 1. The van der Waals surface area contributed by atoms with Crippen molar-refractivity contribution >= 4 is 33.0 Å². The number of benzene rings is 3. The van der Waals surface area contributed by atoms with Gasteiger partial charge in [0.15, 0.2) is 0 Å². The summed E-state index contributed by atoms with van der Waals surface area (Å²) < 4.78 is 1.14. The van der Waals surface area contributed by atoms with Gasteiger partial charge in [-0.05, 0) is 67.2 Å². The number of nitrogens with one attached hydrogen (secondary N) is 1. The predicted molar refractivity (Wildman–Crippen MR) is 143 cm³/mol. The number of anilines is 1. The molecule has 1 aromatic heterocycles. The highest BCUT2D eigenvalue weighted by Gasteiger charge is 2.16. The first-order valence-corrected chi connectivity index (χ1v) is 12.8. The fourth-order valence-electron chi connectivity index (χ4n) is 4.58. The second kappa shape index (κ2) is 10.5. The minimum atomic E-state index is -0.0418. The van der Waals surface area contributed by atoms with Gasteiger partial charge in [0.25, 0.3) is 5.91 Å². The summed E-state index contributed by atoms with van der Waals surface area (Å²) in [5.41, 5.74) is 4.80. The number of hydrogen-bond acceptors (Lipinski definition) is 4. The maximum Gasteiger partial charge on any atom is 0.265 e. The zero-order valence-corrected chi connectivity index (χ0v) is 20.5. The normalized spacial score (nSPS) is 15.3. The van der Waals surface area contributed by atoms with Crippen LogP contribution in [0, 0.1) is 6.92 Å². The number of amides is 1. The molecule has 1 saturated heterocycles. The van der Waals surface area contributed by atoms with Crippen LogP contribution in [0.3, 0.4) is 0 Å². The van der Waals surface area contributed by atoms with Crippen molar-refractivity contribution in [3.8, 4) is 0 Å². The van der Waals surface area contributed by atoms with E-state index in [1.165, 1.54) is 34.4 Å². The Morgan fingerprint density at radius 3 is 2.32 bits per heavy atom. The van der Waals surface area contributed by atoms with E-state index in [9.17, 15) is 4.79 Å². The number of carbonyl (C=O) groups is 1. The van der Waals surface area contributed by atoms with Crippen molar-refractivity contribution in [3.63, 3.8) is 0 Å². The van der Waals surface area contributed by atoms with E-state index in [1.807, 2.05) is 36.4 Å². The number of rotatable bonds is 6. The van der Waals surface area contributed by atoms with Gasteiger partial charge in [-0.15, -0.1) is 11.3 Å². The van der Waals surface area contributed by atoms with Crippen molar-refractivity contribution in [1.82, 2.24) is 9.80 Å². The molecule has 1 N–H and O–H groups in total. The van der Waals surface area contributed by atoms with Crippen molar-refractivity contribution in [1.29, 1.82) is 0 Å². The van der Waals surface area contributed by atoms with Crippen molar-refractivity contribution in [2.24, 2.45) is 0 Å². The molecule has 3 aromatic carbocycles. The van der Waals surface area contributed by atoms with Gasteiger partial charge in [-0.1, -0.05) is 60.2 Å². The van der Waals surface area contributed by atoms with Crippen LogP contribution in [0.2, 0.25) is 0 Å². The van der Waals surface area contributed by atoms with Gasteiger partial charge in [0.2, 0.25) is 0 Å². The van der Waals surface area contributed by atoms with Crippen LogP contribution >= 0.6 is 11.3 Å². The molecule has 2 heterocycles. The van der Waals surface area contributed by atoms with E-state index < -0.39 is 0 Å². The Labute approximate surface area is 205 Å². The monoisotopic (exact) mass is 469 g/mol. The maximum atomic E-state index is 12.8. The van der Waals surface area contributed by atoms with E-state index in [1.54, 1.807) is 0 Å². The molecule has 5 rings (SSSR count). The molecule has 34 heavy (non-hydrogen) atoms. The van der Waals surface area contributed by atoms with Gasteiger partial charge in [0.05, 0.1) is 4.88 Å². The van der Waals surface area contributed by atoms with Gasteiger partial charge in [-0.2, -0.15) is 0 Å². The average molecular weight is 470 g/mol. The highest BCUT2D eigenvalue weighted by Crippen LogP contribution is 2.26. The lowest BCUT2D eigenvalue weighted by atomic mass is 10.1. The fraction of sp³-hybridized carbons (Fsp3) is 0.276. The van der Waals surface area contributed by atoms with Crippen molar-refractivity contribution < 1.29 is 4.79 Å². The number of nitrogens with zero attached hydrogens (tertiary/aromatic N) is 2. The molecule has 0 aliphatic carbocycles. The van der Waals surface area contributed by atoms with E-state index in [0.717, 1.165) is 59.9 Å². The Balaban J connectivity index is 1.17. The summed E-state index contributed by atoms with van der Waals surface area (Å²) in [5, 5.41) is 4.21. The van der Waals surface area contributed by atoms with E-state index >= 15 is 0 Å². The topological polar surface area (TPSA) is 35.6 Å². The zero-order valence-electron chi connectivity index (χ0n) is 19.7. The van der Waals surface area contributed by atoms with Gasteiger partial charge >= 0.3 is 0 Å². The molecule has 4 aromatic rings. The molecule has 0 spiro atoms. The summed E-state index contributed by atoms with van der Waals surface area (Å²) in [7, 11) is 0. The van der Waals surface area contributed by atoms with Crippen LogP contribution in [0.5, 0.6) is 0 Å². The van der Waals surface area contributed by atoms with Gasteiger partial charge in [0.1, 0.15) is 0 Å². The second-order valence-electron chi connectivity index (χ2n) is 9.19. The van der Waals surface area contributed by atoms with E-state index in [4.69, 9.17) is 0 Å².